The standard InChI is InChI=1S/C13H19N3O2/c1-5-17-13(18-6-2)11-8-10-7-9(3)14-15-12(10)16(11)4/h7-8,13H,5-6H2,1-4H3. The van der Waals surface area contributed by atoms with E-state index in [1.165, 1.54) is 0 Å². The first kappa shape index (κ1) is 13.0. The maximum atomic E-state index is 5.62. The Morgan fingerprint density at radius 1 is 1.17 bits per heavy atom. The predicted octanol–water partition coefficient (Wildman–Crippen LogP) is 2.35. The fourth-order valence-corrected chi connectivity index (χ4v) is 2.00. The summed E-state index contributed by atoms with van der Waals surface area (Å²) in [7, 11) is 1.95. The second kappa shape index (κ2) is 5.46. The van der Waals surface area contributed by atoms with Gasteiger partial charge >= 0.3 is 0 Å². The first-order valence-corrected chi connectivity index (χ1v) is 6.20. The molecule has 2 rings (SSSR count). The van der Waals surface area contributed by atoms with Crippen LogP contribution in [0.3, 0.4) is 0 Å². The van der Waals surface area contributed by atoms with E-state index >= 15 is 0 Å². The average Bonchev–Trinajstić information content (AvgIpc) is 2.66. The predicted molar refractivity (Wildman–Crippen MR) is 69.2 cm³/mol. The molecule has 2 aromatic heterocycles. The molecule has 0 aliphatic rings. The first-order chi connectivity index (χ1) is 8.67. The molecule has 0 spiro atoms. The van der Waals surface area contributed by atoms with Crippen LogP contribution < -0.4 is 0 Å². The van der Waals surface area contributed by atoms with Crippen molar-refractivity contribution in [3.63, 3.8) is 0 Å². The first-order valence-electron chi connectivity index (χ1n) is 6.20. The Labute approximate surface area is 107 Å². The van der Waals surface area contributed by atoms with E-state index < -0.39 is 0 Å². The van der Waals surface area contributed by atoms with Gasteiger partial charge in [-0.15, -0.1) is 5.10 Å². The van der Waals surface area contributed by atoms with Crippen LogP contribution in [0.5, 0.6) is 0 Å². The Morgan fingerprint density at radius 2 is 1.83 bits per heavy atom. The average molecular weight is 249 g/mol. The lowest BCUT2D eigenvalue weighted by atomic mass is 10.3. The minimum atomic E-state index is -0.348. The molecule has 0 aliphatic heterocycles. The quantitative estimate of drug-likeness (QED) is 0.763. The van der Waals surface area contributed by atoms with Crippen LogP contribution >= 0.6 is 0 Å². The van der Waals surface area contributed by atoms with Gasteiger partial charge in [0.2, 0.25) is 0 Å². The summed E-state index contributed by atoms with van der Waals surface area (Å²) in [5.41, 5.74) is 2.72. The molecule has 5 nitrogen and oxygen atoms in total. The second-order valence-electron chi connectivity index (χ2n) is 4.14. The summed E-state index contributed by atoms with van der Waals surface area (Å²) in [6, 6.07) is 4.06. The van der Waals surface area contributed by atoms with Crippen LogP contribution in [0, 0.1) is 6.92 Å². The summed E-state index contributed by atoms with van der Waals surface area (Å²) in [5.74, 6) is 0. The van der Waals surface area contributed by atoms with Gasteiger partial charge in [-0.25, -0.2) is 0 Å². The van der Waals surface area contributed by atoms with E-state index in [-0.39, 0.29) is 6.29 Å². The third kappa shape index (κ3) is 2.37. The molecule has 0 saturated heterocycles. The molecule has 2 aromatic rings. The number of ether oxygens (including phenoxy) is 2. The summed E-state index contributed by atoms with van der Waals surface area (Å²) in [5, 5.41) is 9.35. The summed E-state index contributed by atoms with van der Waals surface area (Å²) in [6.07, 6.45) is -0.348. The normalized spacial score (nSPS) is 11.6. The lowest BCUT2D eigenvalue weighted by Crippen LogP contribution is -2.12. The highest BCUT2D eigenvalue weighted by molar-refractivity contribution is 5.77. The second-order valence-corrected chi connectivity index (χ2v) is 4.14. The molecule has 0 fully saturated rings. The van der Waals surface area contributed by atoms with Crippen LogP contribution in [-0.4, -0.2) is 28.0 Å². The Balaban J connectivity index is 2.45. The molecule has 5 heteroatoms. The smallest absolute Gasteiger partial charge is 0.199 e. The highest BCUT2D eigenvalue weighted by Gasteiger charge is 2.18. The highest BCUT2D eigenvalue weighted by Crippen LogP contribution is 2.25. The van der Waals surface area contributed by atoms with E-state index in [0.29, 0.717) is 13.2 Å². The third-order valence-corrected chi connectivity index (χ3v) is 2.81. The lowest BCUT2D eigenvalue weighted by molar-refractivity contribution is -0.143. The van der Waals surface area contributed by atoms with Crippen molar-refractivity contribution in [1.82, 2.24) is 14.8 Å². The van der Waals surface area contributed by atoms with Gasteiger partial charge in [0, 0.05) is 25.6 Å². The van der Waals surface area contributed by atoms with E-state index in [9.17, 15) is 0 Å². The minimum absolute atomic E-state index is 0.348. The maximum Gasteiger partial charge on any atom is 0.199 e. The van der Waals surface area contributed by atoms with Gasteiger partial charge in [0.1, 0.15) is 0 Å². The van der Waals surface area contributed by atoms with Crippen LogP contribution in [0.4, 0.5) is 0 Å². The van der Waals surface area contributed by atoms with E-state index in [2.05, 4.69) is 10.2 Å². The molecule has 0 aliphatic carbocycles. The van der Waals surface area contributed by atoms with E-state index in [0.717, 1.165) is 22.4 Å². The molecular weight excluding hydrogens is 230 g/mol. The summed E-state index contributed by atoms with van der Waals surface area (Å²) >= 11 is 0. The SMILES string of the molecule is CCOC(OCC)c1cc2cc(C)nnc2n1C. The van der Waals surface area contributed by atoms with Gasteiger partial charge in [0.25, 0.3) is 0 Å². The molecule has 0 amide bonds. The van der Waals surface area contributed by atoms with E-state index in [1.54, 1.807) is 0 Å². The largest absolute Gasteiger partial charge is 0.347 e. The Morgan fingerprint density at radius 3 is 2.44 bits per heavy atom. The van der Waals surface area contributed by atoms with Gasteiger partial charge in [-0.1, -0.05) is 0 Å². The zero-order chi connectivity index (χ0) is 13.1. The van der Waals surface area contributed by atoms with Crippen molar-refractivity contribution in [2.45, 2.75) is 27.1 Å². The molecule has 98 valence electrons. The topological polar surface area (TPSA) is 49.2 Å². The number of rotatable bonds is 5. The Bertz CT molecular complexity index is 530. The van der Waals surface area contributed by atoms with Gasteiger partial charge < -0.3 is 14.0 Å². The van der Waals surface area contributed by atoms with Crippen molar-refractivity contribution in [3.8, 4) is 0 Å². The number of aromatic nitrogens is 3. The zero-order valence-electron chi connectivity index (χ0n) is 11.3. The molecule has 0 atom stereocenters. The van der Waals surface area contributed by atoms with Crippen LogP contribution in [0.25, 0.3) is 11.0 Å². The minimum Gasteiger partial charge on any atom is -0.347 e. The van der Waals surface area contributed by atoms with Gasteiger partial charge in [-0.2, -0.15) is 5.10 Å². The van der Waals surface area contributed by atoms with Gasteiger partial charge in [0.15, 0.2) is 11.9 Å². The molecular formula is C13H19N3O2. The molecule has 0 aromatic carbocycles. The van der Waals surface area contributed by atoms with Gasteiger partial charge in [0.05, 0.1) is 11.4 Å². The van der Waals surface area contributed by atoms with Crippen LogP contribution in [0.1, 0.15) is 31.5 Å². The van der Waals surface area contributed by atoms with Crippen molar-refractivity contribution in [1.29, 1.82) is 0 Å². The molecule has 0 radical (unpaired) electrons. The maximum absolute atomic E-state index is 5.62. The Kier molecular flexibility index (Phi) is 3.93. The summed E-state index contributed by atoms with van der Waals surface area (Å²) in [4.78, 5) is 0. The van der Waals surface area contributed by atoms with Crippen molar-refractivity contribution >= 4 is 11.0 Å². The van der Waals surface area contributed by atoms with Crippen molar-refractivity contribution in [2.75, 3.05) is 13.2 Å². The van der Waals surface area contributed by atoms with E-state index in [4.69, 9.17) is 9.47 Å². The number of fused-ring (bicyclic) bond motifs is 1. The molecule has 0 N–H and O–H groups in total. The molecule has 18 heavy (non-hydrogen) atoms. The van der Waals surface area contributed by atoms with Gasteiger partial charge in [-0.05, 0) is 32.9 Å². The highest BCUT2D eigenvalue weighted by atomic mass is 16.7. The lowest BCUT2D eigenvalue weighted by Gasteiger charge is -2.17. The zero-order valence-corrected chi connectivity index (χ0v) is 11.3. The summed E-state index contributed by atoms with van der Waals surface area (Å²) in [6.45, 7) is 7.06. The fraction of sp³-hybridized carbons (Fsp3) is 0.538. The Hall–Kier alpha value is -1.46. The molecule has 0 bridgehead atoms. The van der Waals surface area contributed by atoms with Crippen molar-refractivity contribution < 1.29 is 9.47 Å². The fourth-order valence-electron chi connectivity index (χ4n) is 2.00. The monoisotopic (exact) mass is 249 g/mol. The molecule has 0 unspecified atom stereocenters. The van der Waals surface area contributed by atoms with Crippen molar-refractivity contribution in [3.05, 3.63) is 23.5 Å². The summed E-state index contributed by atoms with van der Waals surface area (Å²) < 4.78 is 13.2. The number of nitrogens with zero attached hydrogens (tertiary/aromatic N) is 3. The number of hydrogen-bond donors (Lipinski definition) is 0. The molecule has 0 saturated carbocycles. The van der Waals surface area contributed by atoms with Crippen LogP contribution in [0.2, 0.25) is 0 Å². The third-order valence-electron chi connectivity index (χ3n) is 2.81. The van der Waals surface area contributed by atoms with Gasteiger partial charge in [-0.3, -0.25) is 0 Å². The van der Waals surface area contributed by atoms with Crippen LogP contribution in [-0.2, 0) is 16.5 Å². The van der Waals surface area contributed by atoms with E-state index in [1.807, 2.05) is 44.5 Å². The molecule has 2 heterocycles. The van der Waals surface area contributed by atoms with Crippen molar-refractivity contribution in [2.24, 2.45) is 7.05 Å². The number of aryl methyl sites for hydroxylation is 2. The van der Waals surface area contributed by atoms with Crippen LogP contribution in [0.15, 0.2) is 12.1 Å². The number of hydrogen-bond acceptors (Lipinski definition) is 4.